The van der Waals surface area contributed by atoms with Gasteiger partial charge >= 0.3 is 6.18 Å². The van der Waals surface area contributed by atoms with E-state index in [0.717, 1.165) is 30.5 Å². The number of nitrogens with one attached hydrogen (secondary N) is 1. The lowest BCUT2D eigenvalue weighted by molar-refractivity contribution is -0.138. The molecule has 1 saturated carbocycles. The van der Waals surface area contributed by atoms with Crippen LogP contribution in [0.25, 0.3) is 0 Å². The van der Waals surface area contributed by atoms with Crippen LogP contribution in [0.4, 0.5) is 27.6 Å². The molecule has 2 aromatic carbocycles. The number of carbonyl (C=O) groups excluding carboxylic acids is 2. The van der Waals surface area contributed by atoms with Crippen molar-refractivity contribution < 1.29 is 36.6 Å². The van der Waals surface area contributed by atoms with Gasteiger partial charge in [0.25, 0.3) is 18.2 Å². The number of benzene rings is 2. The molecule has 12 heteroatoms. The van der Waals surface area contributed by atoms with Gasteiger partial charge in [0.1, 0.15) is 5.69 Å². The molecular formula is C29H25ClF5N3O3. The topological polar surface area (TPSA) is 82.5 Å². The van der Waals surface area contributed by atoms with Crippen LogP contribution in [-0.2, 0) is 16.6 Å². The molecule has 0 radical (unpaired) electrons. The lowest BCUT2D eigenvalue weighted by Gasteiger charge is -2.32. The van der Waals surface area contributed by atoms with Crippen molar-refractivity contribution in [1.82, 2.24) is 10.3 Å². The van der Waals surface area contributed by atoms with E-state index in [4.69, 9.17) is 11.6 Å². The maximum Gasteiger partial charge on any atom is 0.416 e. The van der Waals surface area contributed by atoms with Crippen LogP contribution in [-0.4, -0.2) is 34.5 Å². The quantitative estimate of drug-likeness (QED) is 0.331. The number of hydrogen-bond acceptors (Lipinski definition) is 4. The Morgan fingerprint density at radius 3 is 2.49 bits per heavy atom. The fraction of sp³-hybridized carbons (Fsp3) is 0.345. The number of hydrogen-bond donors (Lipinski definition) is 2. The lowest BCUT2D eigenvalue weighted by atomic mass is 9.85. The first-order chi connectivity index (χ1) is 19.4. The highest BCUT2D eigenvalue weighted by atomic mass is 35.5. The van der Waals surface area contributed by atoms with E-state index in [1.54, 1.807) is 18.2 Å². The SMILES string of the molecule is O=C(N[C@H]1CC[C@H](CN2C(=O)C(O)(c3cccc(C(F)(F)F)c3)c3ccccc32)CC1)c1cc(Cl)cnc1C(F)F. The molecule has 0 bridgehead atoms. The molecule has 0 spiro atoms. The summed E-state index contributed by atoms with van der Waals surface area (Å²) in [6.45, 7) is 0.214. The fourth-order valence-corrected chi connectivity index (χ4v) is 5.79. The summed E-state index contributed by atoms with van der Waals surface area (Å²) in [7, 11) is 0. The van der Waals surface area contributed by atoms with Gasteiger partial charge in [0.15, 0.2) is 5.60 Å². The van der Waals surface area contributed by atoms with Crippen molar-refractivity contribution in [3.8, 4) is 0 Å². The predicted octanol–water partition coefficient (Wildman–Crippen LogP) is 6.26. The van der Waals surface area contributed by atoms with Crippen molar-refractivity contribution in [3.63, 3.8) is 0 Å². The zero-order valence-corrected chi connectivity index (χ0v) is 22.2. The van der Waals surface area contributed by atoms with Gasteiger partial charge in [0.05, 0.1) is 21.8 Å². The van der Waals surface area contributed by atoms with Crippen LogP contribution < -0.4 is 10.2 Å². The summed E-state index contributed by atoms with van der Waals surface area (Å²) in [5.41, 5.74) is -3.74. The Bertz CT molecular complexity index is 1480. The van der Waals surface area contributed by atoms with Crippen LogP contribution in [0.1, 0.15) is 64.9 Å². The van der Waals surface area contributed by atoms with E-state index in [1.165, 1.54) is 17.0 Å². The summed E-state index contributed by atoms with van der Waals surface area (Å²) in [5, 5.41) is 14.5. The van der Waals surface area contributed by atoms with E-state index in [2.05, 4.69) is 10.3 Å². The summed E-state index contributed by atoms with van der Waals surface area (Å²) in [6.07, 6.45) is -4.36. The second-order valence-corrected chi connectivity index (χ2v) is 10.7. The third-order valence-electron chi connectivity index (χ3n) is 7.71. The number of para-hydroxylation sites is 1. The van der Waals surface area contributed by atoms with Crippen molar-refractivity contribution in [1.29, 1.82) is 0 Å². The highest BCUT2D eigenvalue weighted by Crippen LogP contribution is 2.46. The van der Waals surface area contributed by atoms with E-state index in [9.17, 15) is 36.6 Å². The van der Waals surface area contributed by atoms with Gasteiger partial charge in [-0.1, -0.05) is 41.9 Å². The van der Waals surface area contributed by atoms with Gasteiger partial charge in [0, 0.05) is 24.3 Å². The number of alkyl halides is 5. The first-order valence-corrected chi connectivity index (χ1v) is 13.3. The lowest BCUT2D eigenvalue weighted by Crippen LogP contribution is -2.44. The van der Waals surface area contributed by atoms with Gasteiger partial charge in [-0.05, 0) is 61.4 Å². The van der Waals surface area contributed by atoms with Crippen LogP contribution in [0.2, 0.25) is 5.02 Å². The molecule has 0 saturated heterocycles. The Labute approximate surface area is 237 Å². The molecular weight excluding hydrogens is 569 g/mol. The molecule has 1 aliphatic heterocycles. The van der Waals surface area contributed by atoms with Crippen LogP contribution in [0.5, 0.6) is 0 Å². The molecule has 1 fully saturated rings. The van der Waals surface area contributed by atoms with Crippen molar-refractivity contribution >= 4 is 29.1 Å². The predicted molar refractivity (Wildman–Crippen MR) is 141 cm³/mol. The van der Waals surface area contributed by atoms with Crippen LogP contribution in [0, 0.1) is 5.92 Å². The zero-order valence-electron chi connectivity index (χ0n) is 21.5. The normalized spacial score (nSPS) is 22.6. The average Bonchev–Trinajstić information content (AvgIpc) is 3.16. The highest BCUT2D eigenvalue weighted by Gasteiger charge is 2.52. The number of rotatable bonds is 6. The molecule has 1 aromatic heterocycles. The molecule has 216 valence electrons. The average molecular weight is 594 g/mol. The molecule has 2 N–H and O–H groups in total. The summed E-state index contributed by atoms with van der Waals surface area (Å²) in [5.74, 6) is -1.47. The molecule has 5 rings (SSSR count). The maximum absolute atomic E-state index is 13.7. The van der Waals surface area contributed by atoms with Gasteiger partial charge in [-0.3, -0.25) is 14.6 Å². The maximum atomic E-state index is 13.7. The van der Waals surface area contributed by atoms with Crippen molar-refractivity contribution in [2.24, 2.45) is 5.92 Å². The van der Waals surface area contributed by atoms with Gasteiger partial charge in [-0.25, -0.2) is 8.78 Å². The largest absolute Gasteiger partial charge is 0.416 e. The van der Waals surface area contributed by atoms with Gasteiger partial charge in [0.2, 0.25) is 0 Å². The van der Waals surface area contributed by atoms with E-state index >= 15 is 0 Å². The monoisotopic (exact) mass is 593 g/mol. The molecule has 2 heterocycles. The number of carbonyl (C=O) groups is 2. The van der Waals surface area contributed by atoms with Crippen molar-refractivity contribution in [2.75, 3.05) is 11.4 Å². The second-order valence-electron chi connectivity index (χ2n) is 10.3. The Hall–Kier alpha value is -3.57. The number of halogens is 6. The molecule has 2 aliphatic rings. The second kappa shape index (κ2) is 11.0. The number of pyridine rings is 1. The highest BCUT2D eigenvalue weighted by molar-refractivity contribution is 6.30. The summed E-state index contributed by atoms with van der Waals surface area (Å²) >= 11 is 5.86. The first-order valence-electron chi connectivity index (χ1n) is 13.0. The Balaban J connectivity index is 1.29. The van der Waals surface area contributed by atoms with Crippen molar-refractivity contribution in [3.05, 3.63) is 93.8 Å². The minimum Gasteiger partial charge on any atom is -0.372 e. The third-order valence-corrected chi connectivity index (χ3v) is 7.91. The van der Waals surface area contributed by atoms with Gasteiger partial charge in [-0.15, -0.1) is 0 Å². The fourth-order valence-electron chi connectivity index (χ4n) is 5.63. The van der Waals surface area contributed by atoms with E-state index < -0.39 is 41.3 Å². The Kier molecular flexibility index (Phi) is 7.78. The van der Waals surface area contributed by atoms with Gasteiger partial charge in [-0.2, -0.15) is 13.2 Å². The standard InChI is InChI=1S/C29H25ClF5N3O3/c30-19-13-21(24(25(31)32)36-14-19)26(39)37-20-10-8-16(9-11-20)15-38-23-7-2-1-6-22(23)28(41,27(38)40)17-4-3-5-18(12-17)29(33,34)35/h1-7,12-14,16,20,25,41H,8-11,15H2,(H,37,39)/t16-,20-,28?. The van der Waals surface area contributed by atoms with Crippen LogP contribution >= 0.6 is 11.6 Å². The van der Waals surface area contributed by atoms with Crippen molar-refractivity contribution in [2.45, 2.75) is 49.9 Å². The number of aromatic nitrogens is 1. The molecule has 2 amide bonds. The van der Waals surface area contributed by atoms with E-state index in [1.807, 2.05) is 0 Å². The van der Waals surface area contributed by atoms with Crippen LogP contribution in [0.15, 0.2) is 60.8 Å². The minimum atomic E-state index is -4.65. The summed E-state index contributed by atoms with van der Waals surface area (Å²) in [6, 6.07) is 11.4. The smallest absolute Gasteiger partial charge is 0.372 e. The molecule has 41 heavy (non-hydrogen) atoms. The number of amides is 2. The third kappa shape index (κ3) is 5.52. The Morgan fingerprint density at radius 1 is 1.10 bits per heavy atom. The number of anilines is 1. The molecule has 3 aromatic rings. The minimum absolute atomic E-state index is 0.0338. The molecule has 1 atom stereocenters. The number of aliphatic hydroxyl groups is 1. The van der Waals surface area contributed by atoms with Gasteiger partial charge < -0.3 is 15.3 Å². The Morgan fingerprint density at radius 2 is 1.80 bits per heavy atom. The number of nitrogens with zero attached hydrogens (tertiary/aromatic N) is 2. The van der Waals surface area contributed by atoms with Crippen LogP contribution in [0.3, 0.4) is 0 Å². The molecule has 6 nitrogen and oxygen atoms in total. The molecule has 1 unspecified atom stereocenters. The zero-order chi connectivity index (χ0) is 29.5. The van der Waals surface area contributed by atoms with E-state index in [-0.39, 0.29) is 40.2 Å². The summed E-state index contributed by atoms with van der Waals surface area (Å²) in [4.78, 5) is 31.4. The van der Waals surface area contributed by atoms with E-state index in [0.29, 0.717) is 31.4 Å². The number of fused-ring (bicyclic) bond motifs is 1. The summed E-state index contributed by atoms with van der Waals surface area (Å²) < 4.78 is 66.8. The molecule has 1 aliphatic carbocycles. The first kappa shape index (κ1) is 28.9.